The van der Waals surface area contributed by atoms with Gasteiger partial charge >= 0.3 is 0 Å². The Hall–Kier alpha value is -1.93. The molecule has 8 heteroatoms. The molecule has 1 heterocycles. The Kier molecular flexibility index (Phi) is 5.62. The SMILES string of the molecule is CC1(O)CCC(Nc2ncc(C(N)=O)c(N[C@@H]3CCC[C@H](O)C3)n2)CC1. The van der Waals surface area contributed by atoms with Crippen molar-refractivity contribution in [2.45, 2.75) is 82.1 Å². The molecule has 0 bridgehead atoms. The van der Waals surface area contributed by atoms with Gasteiger partial charge in [0.15, 0.2) is 0 Å². The van der Waals surface area contributed by atoms with Gasteiger partial charge in [-0.3, -0.25) is 4.79 Å². The number of primary amides is 1. The number of aromatic nitrogens is 2. The van der Waals surface area contributed by atoms with Crippen LogP contribution in [0, 0.1) is 0 Å². The molecule has 1 amide bonds. The van der Waals surface area contributed by atoms with Gasteiger partial charge in [0, 0.05) is 18.3 Å². The second kappa shape index (κ2) is 7.75. The smallest absolute Gasteiger partial charge is 0.254 e. The van der Waals surface area contributed by atoms with Crippen LogP contribution < -0.4 is 16.4 Å². The molecule has 0 unspecified atom stereocenters. The van der Waals surface area contributed by atoms with Crippen molar-refractivity contribution in [3.05, 3.63) is 11.8 Å². The van der Waals surface area contributed by atoms with Gasteiger partial charge in [0.2, 0.25) is 5.95 Å². The van der Waals surface area contributed by atoms with Crippen molar-refractivity contribution in [1.29, 1.82) is 0 Å². The van der Waals surface area contributed by atoms with Crippen molar-refractivity contribution in [2.75, 3.05) is 10.6 Å². The first-order chi connectivity index (χ1) is 12.3. The number of hydrogen-bond acceptors (Lipinski definition) is 7. The molecule has 6 N–H and O–H groups in total. The van der Waals surface area contributed by atoms with Gasteiger partial charge in [0.1, 0.15) is 5.82 Å². The average molecular weight is 363 g/mol. The maximum Gasteiger partial charge on any atom is 0.254 e. The van der Waals surface area contributed by atoms with E-state index in [1.165, 1.54) is 6.20 Å². The van der Waals surface area contributed by atoms with E-state index < -0.39 is 11.5 Å². The van der Waals surface area contributed by atoms with E-state index in [0.29, 0.717) is 18.2 Å². The minimum Gasteiger partial charge on any atom is -0.393 e. The van der Waals surface area contributed by atoms with Crippen LogP contribution in [-0.4, -0.2) is 49.9 Å². The van der Waals surface area contributed by atoms with Gasteiger partial charge in [0.25, 0.3) is 5.91 Å². The quantitative estimate of drug-likeness (QED) is 0.534. The van der Waals surface area contributed by atoms with Crippen LogP contribution in [0.2, 0.25) is 0 Å². The number of nitrogens with one attached hydrogen (secondary N) is 2. The first kappa shape index (κ1) is 18.8. The summed E-state index contributed by atoms with van der Waals surface area (Å²) in [5.74, 6) is 0.279. The Balaban J connectivity index is 1.70. The van der Waals surface area contributed by atoms with Crippen LogP contribution in [0.15, 0.2) is 6.20 Å². The van der Waals surface area contributed by atoms with Crippen LogP contribution in [0.5, 0.6) is 0 Å². The minimum absolute atomic E-state index is 0.0596. The fourth-order valence-corrected chi connectivity index (χ4v) is 3.80. The predicted octanol–water partition coefficient (Wildman–Crippen LogP) is 1.40. The van der Waals surface area contributed by atoms with Crippen molar-refractivity contribution in [3.8, 4) is 0 Å². The molecule has 0 saturated heterocycles. The molecule has 0 aromatic carbocycles. The van der Waals surface area contributed by atoms with Crippen LogP contribution in [0.25, 0.3) is 0 Å². The van der Waals surface area contributed by atoms with Gasteiger partial charge in [-0.05, 0) is 58.3 Å². The number of nitrogens with two attached hydrogens (primary N) is 1. The molecule has 2 aliphatic carbocycles. The lowest BCUT2D eigenvalue weighted by Crippen LogP contribution is -2.36. The van der Waals surface area contributed by atoms with E-state index in [4.69, 9.17) is 5.73 Å². The van der Waals surface area contributed by atoms with Crippen molar-refractivity contribution < 1.29 is 15.0 Å². The fraction of sp³-hybridized carbons (Fsp3) is 0.722. The Bertz CT molecular complexity index is 642. The summed E-state index contributed by atoms with van der Waals surface area (Å²) in [4.78, 5) is 20.4. The monoisotopic (exact) mass is 363 g/mol. The van der Waals surface area contributed by atoms with E-state index in [2.05, 4.69) is 20.6 Å². The highest BCUT2D eigenvalue weighted by Crippen LogP contribution is 2.29. The molecule has 0 spiro atoms. The summed E-state index contributed by atoms with van der Waals surface area (Å²) in [6.07, 6.45) is 7.54. The van der Waals surface area contributed by atoms with Crippen molar-refractivity contribution in [2.24, 2.45) is 5.73 Å². The van der Waals surface area contributed by atoms with Crippen LogP contribution in [-0.2, 0) is 0 Å². The highest BCUT2D eigenvalue weighted by molar-refractivity contribution is 5.97. The van der Waals surface area contributed by atoms with Gasteiger partial charge in [-0.2, -0.15) is 4.98 Å². The number of carbonyl (C=O) groups is 1. The lowest BCUT2D eigenvalue weighted by atomic mass is 9.84. The van der Waals surface area contributed by atoms with E-state index in [-0.39, 0.29) is 23.8 Å². The zero-order chi connectivity index (χ0) is 18.7. The lowest BCUT2D eigenvalue weighted by molar-refractivity contribution is 0.0195. The molecule has 26 heavy (non-hydrogen) atoms. The largest absolute Gasteiger partial charge is 0.393 e. The molecule has 0 aliphatic heterocycles. The molecule has 1 aromatic rings. The van der Waals surface area contributed by atoms with Gasteiger partial charge in [0.05, 0.1) is 17.3 Å². The van der Waals surface area contributed by atoms with Crippen LogP contribution in [0.4, 0.5) is 11.8 Å². The molecule has 3 rings (SSSR count). The van der Waals surface area contributed by atoms with Crippen molar-refractivity contribution >= 4 is 17.7 Å². The number of anilines is 2. The Morgan fingerprint density at radius 2 is 1.96 bits per heavy atom. The summed E-state index contributed by atoms with van der Waals surface area (Å²) in [7, 11) is 0. The lowest BCUT2D eigenvalue weighted by Gasteiger charge is -2.33. The summed E-state index contributed by atoms with van der Waals surface area (Å²) in [5, 5.41) is 26.5. The number of rotatable bonds is 5. The highest BCUT2D eigenvalue weighted by atomic mass is 16.3. The molecule has 2 atom stereocenters. The number of nitrogens with zero attached hydrogens (tertiary/aromatic N) is 2. The first-order valence-corrected chi connectivity index (χ1v) is 9.43. The van der Waals surface area contributed by atoms with Gasteiger partial charge in [-0.15, -0.1) is 0 Å². The molecular formula is C18H29N5O3. The summed E-state index contributed by atoms with van der Waals surface area (Å²) < 4.78 is 0. The zero-order valence-corrected chi connectivity index (χ0v) is 15.2. The van der Waals surface area contributed by atoms with Gasteiger partial charge < -0.3 is 26.6 Å². The molecule has 2 aliphatic rings. The van der Waals surface area contributed by atoms with Crippen LogP contribution in [0.3, 0.4) is 0 Å². The number of aliphatic hydroxyl groups excluding tert-OH is 1. The molecule has 8 nitrogen and oxygen atoms in total. The standard InChI is InChI=1S/C18H29N5O3/c1-18(26)7-5-11(6-8-18)22-17-20-10-14(15(19)25)16(23-17)21-12-3-2-4-13(24)9-12/h10-13,24,26H,2-9H2,1H3,(H2,19,25)(H2,20,21,22,23)/t11?,12-,13+,18?/m1/s1. The molecule has 2 fully saturated rings. The Morgan fingerprint density at radius 3 is 2.62 bits per heavy atom. The third-order valence-electron chi connectivity index (χ3n) is 5.44. The maximum absolute atomic E-state index is 11.7. The summed E-state index contributed by atoms with van der Waals surface area (Å²) >= 11 is 0. The zero-order valence-electron chi connectivity index (χ0n) is 15.2. The fourth-order valence-electron chi connectivity index (χ4n) is 3.80. The number of carbonyl (C=O) groups excluding carboxylic acids is 1. The highest BCUT2D eigenvalue weighted by Gasteiger charge is 2.29. The van der Waals surface area contributed by atoms with E-state index >= 15 is 0 Å². The van der Waals surface area contributed by atoms with Gasteiger partial charge in [-0.1, -0.05) is 0 Å². The summed E-state index contributed by atoms with van der Waals surface area (Å²) in [6, 6.07) is 0.253. The molecule has 0 radical (unpaired) electrons. The average Bonchev–Trinajstić information content (AvgIpc) is 2.57. The number of amides is 1. The summed E-state index contributed by atoms with van der Waals surface area (Å²) in [5.41, 5.74) is 5.11. The molecule has 144 valence electrons. The van der Waals surface area contributed by atoms with E-state index in [0.717, 1.165) is 44.9 Å². The van der Waals surface area contributed by atoms with E-state index in [9.17, 15) is 15.0 Å². The number of hydrogen-bond donors (Lipinski definition) is 5. The van der Waals surface area contributed by atoms with E-state index in [1.54, 1.807) is 0 Å². The molecule has 1 aromatic heterocycles. The maximum atomic E-state index is 11.7. The second-order valence-corrected chi connectivity index (χ2v) is 7.90. The van der Waals surface area contributed by atoms with E-state index in [1.807, 2.05) is 6.92 Å². The summed E-state index contributed by atoms with van der Waals surface area (Å²) in [6.45, 7) is 1.86. The van der Waals surface area contributed by atoms with Crippen LogP contribution >= 0.6 is 0 Å². The minimum atomic E-state index is -0.594. The normalized spacial score (nSPS) is 32.0. The Morgan fingerprint density at radius 1 is 1.23 bits per heavy atom. The topological polar surface area (TPSA) is 133 Å². The number of aliphatic hydroxyl groups is 2. The van der Waals surface area contributed by atoms with Crippen molar-refractivity contribution in [1.82, 2.24) is 9.97 Å². The van der Waals surface area contributed by atoms with Gasteiger partial charge in [-0.25, -0.2) is 4.98 Å². The molecule has 2 saturated carbocycles. The van der Waals surface area contributed by atoms with Crippen LogP contribution in [0.1, 0.15) is 68.6 Å². The van der Waals surface area contributed by atoms with Crippen molar-refractivity contribution in [3.63, 3.8) is 0 Å². The first-order valence-electron chi connectivity index (χ1n) is 9.43. The predicted molar refractivity (Wildman–Crippen MR) is 98.9 cm³/mol. The third-order valence-corrected chi connectivity index (χ3v) is 5.44. The second-order valence-electron chi connectivity index (χ2n) is 7.90. The Labute approximate surface area is 153 Å². The third kappa shape index (κ3) is 4.82. The molecular weight excluding hydrogens is 334 g/mol.